The van der Waals surface area contributed by atoms with Gasteiger partial charge in [-0.15, -0.1) is 0 Å². The topological polar surface area (TPSA) is 186 Å². The van der Waals surface area contributed by atoms with E-state index < -0.39 is 8.88 Å². The smallest absolute Gasteiger partial charge is 0.480 e. The summed E-state index contributed by atoms with van der Waals surface area (Å²) in [4.78, 5) is 55.2. The van der Waals surface area contributed by atoms with Crippen molar-refractivity contribution in [3.05, 3.63) is 238 Å². The molecule has 14 rings (SSSR count). The lowest BCUT2D eigenvalue weighted by molar-refractivity contribution is 0.111. The normalized spacial score (nSPS) is 15.8. The van der Waals surface area contributed by atoms with Gasteiger partial charge in [0.15, 0.2) is 23.3 Å². The van der Waals surface area contributed by atoms with Gasteiger partial charge in [-0.05, 0) is 97.1 Å². The van der Waals surface area contributed by atoms with Gasteiger partial charge in [0.05, 0.1) is 22.7 Å². The minimum atomic E-state index is -4.73. The number of aliphatic imine (C=N–C) groups is 4. The molecule has 0 saturated carbocycles. The quantitative estimate of drug-likeness (QED) is 0.0750. The van der Waals surface area contributed by atoms with E-state index in [0.717, 1.165) is 56.4 Å². The fourth-order valence-corrected chi connectivity index (χ4v) is 12.8. The first kappa shape index (κ1) is 43.3. The summed E-state index contributed by atoms with van der Waals surface area (Å²) in [6.07, 6.45) is 1.57. The number of carbonyl (C=O) groups excluding carboxylic acids is 2. The molecular weight excluding hydrogens is 957 g/mol. The van der Waals surface area contributed by atoms with Crippen molar-refractivity contribution < 1.29 is 18.4 Å². The second-order valence-electron chi connectivity index (χ2n) is 17.7. The van der Waals surface area contributed by atoms with Crippen LogP contribution in [0.5, 0.6) is 11.5 Å². The van der Waals surface area contributed by atoms with E-state index in [2.05, 4.69) is 20.5 Å². The van der Waals surface area contributed by atoms with Crippen LogP contribution in [0, 0.1) is 0 Å². The number of aldehydes is 2. The summed E-state index contributed by atoms with van der Waals surface area (Å²) in [6.45, 7) is 0. The zero-order valence-electron chi connectivity index (χ0n) is 39.1. The molecule has 6 heterocycles. The predicted octanol–water partition coefficient (Wildman–Crippen LogP) is 12.0. The van der Waals surface area contributed by atoms with Gasteiger partial charge in [0.1, 0.15) is 46.7 Å². The monoisotopic (exact) mass is 990 g/mol. The average molecular weight is 991 g/mol. The summed E-state index contributed by atoms with van der Waals surface area (Å²) in [5, 5.41) is 20.9. The summed E-state index contributed by atoms with van der Waals surface area (Å²) in [7, 11) is -4.73. The third-order valence-corrected chi connectivity index (χ3v) is 16.1. The third-order valence-electron chi connectivity index (χ3n) is 13.1. The van der Waals surface area contributed by atoms with E-state index in [1.165, 1.54) is 0 Å². The van der Waals surface area contributed by atoms with Gasteiger partial charge >= 0.3 is 8.88 Å². The first-order valence-electron chi connectivity index (χ1n) is 23.8. The fraction of sp³-hybridized carbons (Fsp3) is 0. The molecule has 0 radical (unpaired) electrons. The molecule has 2 aromatic heterocycles. The maximum Gasteiger partial charge on any atom is 0.738 e. The third kappa shape index (κ3) is 7.28. The van der Waals surface area contributed by atoms with Crippen LogP contribution >= 0.6 is 0 Å². The van der Waals surface area contributed by atoms with Gasteiger partial charge in [-0.1, -0.05) is 97.1 Å². The maximum absolute atomic E-state index is 11.3. The number of hydrogen-bond acceptors (Lipinski definition) is 14. The Balaban J connectivity index is 1.07. The zero-order valence-corrected chi connectivity index (χ0v) is 40.1. The molecule has 0 unspecified atom stereocenters. The Kier molecular flexibility index (Phi) is 10.0. The van der Waals surface area contributed by atoms with E-state index in [4.69, 9.17) is 38.8 Å². The van der Waals surface area contributed by atoms with E-state index in [1.807, 2.05) is 154 Å². The van der Waals surface area contributed by atoms with Gasteiger partial charge in [0, 0.05) is 54.9 Å². The van der Waals surface area contributed by atoms with E-state index >= 15 is 0 Å². The Morgan fingerprint density at radius 1 is 0.347 bits per heavy atom. The number of carbonyl (C=O) groups is 2. The first-order valence-corrected chi connectivity index (χ1v) is 25.5. The average Bonchev–Trinajstić information content (AvgIpc) is 4.20. The molecule has 0 spiro atoms. The Bertz CT molecular complexity index is 4110. The van der Waals surface area contributed by atoms with Crippen molar-refractivity contribution in [1.82, 2.24) is 8.47 Å². The SMILES string of the molecule is O=Cc1ccc(N=Nc2ccc(O[Si]3(Oc4ccc(N=Nc5ccc(C=O)cc5)cc4)n4c5c6ccccc6c4N=C4N=C(N=c6c7ccccc7c(n63)=NC3=NC(=N5)c5ccccc53)c3ccccc34)cc2)cc1. The number of fused-ring (bicyclic) bond motifs is 14. The Labute approximate surface area is 426 Å². The number of hydrogen-bond donors (Lipinski definition) is 0. The van der Waals surface area contributed by atoms with Crippen molar-refractivity contribution in [2.75, 3.05) is 0 Å². The number of nitrogens with zero attached hydrogens (tertiary/aromatic N) is 12. The summed E-state index contributed by atoms with van der Waals surface area (Å²) in [6, 6.07) is 60.1. The summed E-state index contributed by atoms with van der Waals surface area (Å²) >= 11 is 0. The van der Waals surface area contributed by atoms with Crippen molar-refractivity contribution in [3.8, 4) is 11.5 Å². The van der Waals surface area contributed by atoms with Crippen LogP contribution in [0.2, 0.25) is 0 Å². The number of amidine groups is 4. The lowest BCUT2D eigenvalue weighted by atomic mass is 10.1. The van der Waals surface area contributed by atoms with Crippen LogP contribution in [0.3, 0.4) is 0 Å². The number of aromatic nitrogens is 2. The highest BCUT2D eigenvalue weighted by Gasteiger charge is 2.57. The van der Waals surface area contributed by atoms with Gasteiger partial charge in [-0.25, -0.2) is 30.0 Å². The van der Waals surface area contributed by atoms with Crippen molar-refractivity contribution in [2.45, 2.75) is 0 Å². The lowest BCUT2D eigenvalue weighted by Crippen LogP contribution is -2.68. The van der Waals surface area contributed by atoms with Crippen molar-refractivity contribution >= 4 is 101 Å². The minimum absolute atomic E-state index is 0.410. The van der Waals surface area contributed by atoms with E-state index in [0.29, 0.717) is 91.3 Å². The second-order valence-corrected chi connectivity index (χ2v) is 20.1. The van der Waals surface area contributed by atoms with Gasteiger partial charge in [-0.2, -0.15) is 20.5 Å². The summed E-state index contributed by atoms with van der Waals surface area (Å²) in [5.41, 5.74) is 7.51. The van der Waals surface area contributed by atoms with Crippen LogP contribution in [0.25, 0.3) is 21.5 Å². The van der Waals surface area contributed by atoms with Crippen LogP contribution in [0.1, 0.15) is 43.0 Å². The van der Waals surface area contributed by atoms with Crippen molar-refractivity contribution in [2.24, 2.45) is 50.4 Å². The van der Waals surface area contributed by atoms with E-state index in [1.54, 1.807) is 48.5 Å². The second kappa shape index (κ2) is 17.4. The highest BCUT2D eigenvalue weighted by molar-refractivity contribution is 6.67. The van der Waals surface area contributed by atoms with Gasteiger partial charge in [0.2, 0.25) is 0 Å². The van der Waals surface area contributed by atoms with E-state index in [-0.39, 0.29) is 0 Å². The molecule has 0 N–H and O–H groups in total. The number of rotatable bonds is 10. The summed E-state index contributed by atoms with van der Waals surface area (Å²) in [5.74, 6) is 3.57. The lowest BCUT2D eigenvalue weighted by Gasteiger charge is -2.33. The Hall–Kier alpha value is -10.5. The van der Waals surface area contributed by atoms with Gasteiger partial charge in [-0.3, -0.25) is 18.1 Å². The summed E-state index contributed by atoms with van der Waals surface area (Å²) < 4.78 is 19.6. The largest absolute Gasteiger partial charge is 0.738 e. The molecule has 0 fully saturated rings. The minimum Gasteiger partial charge on any atom is -0.480 e. The standard InChI is InChI=1S/C58H34N12O4Si/c71-33-35-17-21-37(22-18-35)65-67-39-25-29-41(30-26-39)73-75(74-42-31-27-40(28-32-42)68-66-38-23-19-36(34-72)20-24-38)69-55-47-13-5-6-14-48(47)57(69)63-53-45-11-3-4-12-46(45)54(60-53)64-58-50-16-8-7-15-49(50)56(70(58)75)62-52-44-10-2-1-9-43(44)51(59-52)61-55/h1-34H. The Morgan fingerprint density at radius 3 is 1.03 bits per heavy atom. The molecule has 75 heavy (non-hydrogen) atoms. The van der Waals surface area contributed by atoms with Crippen LogP contribution in [0.15, 0.2) is 245 Å². The molecule has 17 heteroatoms. The van der Waals surface area contributed by atoms with Crippen LogP contribution in [-0.2, 0) is 0 Å². The van der Waals surface area contributed by atoms with Crippen LogP contribution < -0.4 is 19.8 Å². The van der Waals surface area contributed by atoms with Crippen LogP contribution in [-0.4, -0.2) is 53.3 Å². The van der Waals surface area contributed by atoms with E-state index in [9.17, 15) is 9.59 Å². The molecule has 16 nitrogen and oxygen atoms in total. The molecule has 4 aliphatic rings. The highest BCUT2D eigenvalue weighted by atomic mass is 28.4. The highest BCUT2D eigenvalue weighted by Crippen LogP contribution is 2.44. The first-order chi connectivity index (χ1) is 37.0. The van der Waals surface area contributed by atoms with Gasteiger partial charge < -0.3 is 8.85 Å². The predicted molar refractivity (Wildman–Crippen MR) is 287 cm³/mol. The molecule has 0 aliphatic carbocycles. The van der Waals surface area contributed by atoms with Gasteiger partial charge in [0.25, 0.3) is 0 Å². The molecule has 0 amide bonds. The molecular formula is C58H34N12O4Si. The molecule has 4 aliphatic heterocycles. The molecule has 0 saturated heterocycles. The van der Waals surface area contributed by atoms with Crippen molar-refractivity contribution in [3.63, 3.8) is 0 Å². The van der Waals surface area contributed by atoms with Crippen molar-refractivity contribution in [1.29, 1.82) is 0 Å². The molecule has 0 atom stereocenters. The molecule has 10 aromatic rings. The molecule has 8 aromatic carbocycles. The maximum atomic E-state index is 11.3. The fourth-order valence-electron chi connectivity index (χ4n) is 9.58. The molecule has 6 bridgehead atoms. The molecule has 354 valence electrons. The number of azo groups is 2. The van der Waals surface area contributed by atoms with Crippen LogP contribution in [0.4, 0.5) is 34.4 Å². The Morgan fingerprint density at radius 2 is 0.667 bits per heavy atom. The zero-order chi connectivity index (χ0) is 50.0. The number of benzene rings is 8.